The Hall–Kier alpha value is -0.120. The number of nitrogens with one attached hydrogen (secondary N) is 1. The highest BCUT2D eigenvalue weighted by Crippen LogP contribution is 2.16. The van der Waals surface area contributed by atoms with Crippen molar-refractivity contribution in [2.75, 3.05) is 39.9 Å². The number of rotatable bonds is 8. The van der Waals surface area contributed by atoms with Crippen LogP contribution in [0.4, 0.5) is 0 Å². The third kappa shape index (κ3) is 10.7. The van der Waals surface area contributed by atoms with Gasteiger partial charge >= 0.3 is 0 Å². The number of nitrogens with zero attached hydrogens (tertiary/aromatic N) is 1. The summed E-state index contributed by atoms with van der Waals surface area (Å²) in [6.07, 6.45) is 0. The van der Waals surface area contributed by atoms with Gasteiger partial charge in [0, 0.05) is 31.8 Å². The van der Waals surface area contributed by atoms with E-state index in [1.165, 1.54) is 0 Å². The van der Waals surface area contributed by atoms with Crippen molar-refractivity contribution in [1.82, 2.24) is 10.2 Å². The predicted molar refractivity (Wildman–Crippen MR) is 75.5 cm³/mol. The van der Waals surface area contributed by atoms with E-state index < -0.39 is 0 Å². The molecule has 3 nitrogen and oxygen atoms in total. The minimum absolute atomic E-state index is 0.196. The summed E-state index contributed by atoms with van der Waals surface area (Å²) < 4.78 is 5.38. The Bertz CT molecular complexity index is 197. The fraction of sp³-hybridized carbons (Fsp3) is 1.00. The molecule has 0 radical (unpaired) electrons. The van der Waals surface area contributed by atoms with Crippen LogP contribution in [0, 0.1) is 5.41 Å². The molecule has 0 aliphatic heterocycles. The Kier molecular flexibility index (Phi) is 7.29. The average Bonchev–Trinajstić information content (AvgIpc) is 2.14. The van der Waals surface area contributed by atoms with Crippen molar-refractivity contribution in [2.24, 2.45) is 5.41 Å². The van der Waals surface area contributed by atoms with Gasteiger partial charge in [-0.3, -0.25) is 0 Å². The van der Waals surface area contributed by atoms with Gasteiger partial charge in [0.1, 0.15) is 0 Å². The molecular weight excluding hydrogens is 212 g/mol. The summed E-state index contributed by atoms with van der Waals surface area (Å²) in [5.74, 6) is 0. The molecule has 1 N–H and O–H groups in total. The van der Waals surface area contributed by atoms with E-state index in [1.807, 2.05) is 6.92 Å². The Balaban J connectivity index is 3.89. The van der Waals surface area contributed by atoms with E-state index in [0.717, 1.165) is 32.8 Å². The lowest BCUT2D eigenvalue weighted by Gasteiger charge is -2.33. The van der Waals surface area contributed by atoms with E-state index in [-0.39, 0.29) is 11.0 Å². The van der Waals surface area contributed by atoms with Gasteiger partial charge in [0.25, 0.3) is 0 Å². The monoisotopic (exact) mass is 244 g/mol. The smallest absolute Gasteiger partial charge is 0.0593 e. The minimum atomic E-state index is 0.196. The maximum absolute atomic E-state index is 5.38. The lowest BCUT2D eigenvalue weighted by Crippen LogP contribution is -2.46. The molecule has 104 valence electrons. The van der Waals surface area contributed by atoms with Gasteiger partial charge in [-0.2, -0.15) is 0 Å². The third-order valence-electron chi connectivity index (χ3n) is 2.62. The molecule has 0 aliphatic carbocycles. The fourth-order valence-electron chi connectivity index (χ4n) is 1.73. The van der Waals surface area contributed by atoms with Crippen LogP contribution in [0.25, 0.3) is 0 Å². The van der Waals surface area contributed by atoms with E-state index >= 15 is 0 Å². The van der Waals surface area contributed by atoms with Gasteiger partial charge in [-0.1, -0.05) is 13.8 Å². The molecule has 0 fully saturated rings. The Morgan fingerprint density at radius 1 is 1.12 bits per heavy atom. The molecule has 0 rings (SSSR count). The second kappa shape index (κ2) is 7.34. The molecule has 3 heteroatoms. The molecule has 0 bridgehead atoms. The second-order valence-corrected chi connectivity index (χ2v) is 6.70. The highest BCUT2D eigenvalue weighted by atomic mass is 16.5. The van der Waals surface area contributed by atoms with E-state index in [4.69, 9.17) is 4.74 Å². The van der Waals surface area contributed by atoms with Crippen LogP contribution in [0.3, 0.4) is 0 Å². The summed E-state index contributed by atoms with van der Waals surface area (Å²) in [5, 5.41) is 3.58. The summed E-state index contributed by atoms with van der Waals surface area (Å²) in [6, 6.07) is 0. The maximum atomic E-state index is 5.38. The summed E-state index contributed by atoms with van der Waals surface area (Å²) in [6.45, 7) is 18.1. The summed E-state index contributed by atoms with van der Waals surface area (Å²) in [7, 11) is 2.16. The lowest BCUT2D eigenvalue weighted by atomic mass is 9.91. The number of hydrogen-bond acceptors (Lipinski definition) is 3. The third-order valence-corrected chi connectivity index (χ3v) is 2.62. The highest BCUT2D eigenvalue weighted by Gasteiger charge is 2.22. The zero-order valence-electron chi connectivity index (χ0n) is 12.9. The van der Waals surface area contributed by atoms with E-state index in [1.54, 1.807) is 0 Å². The molecule has 0 unspecified atom stereocenters. The molecule has 17 heavy (non-hydrogen) atoms. The topological polar surface area (TPSA) is 24.5 Å². The summed E-state index contributed by atoms with van der Waals surface area (Å²) in [4.78, 5) is 2.35. The van der Waals surface area contributed by atoms with Crippen LogP contribution in [0.5, 0.6) is 0 Å². The first kappa shape index (κ1) is 16.9. The molecular formula is C14H32N2O. The normalized spacial score (nSPS) is 13.4. The van der Waals surface area contributed by atoms with Crippen LogP contribution in [0.15, 0.2) is 0 Å². The SMILES string of the molecule is CCOCCN(C)CC(C)(C)CNC(C)(C)C. The summed E-state index contributed by atoms with van der Waals surface area (Å²) >= 11 is 0. The van der Waals surface area contributed by atoms with Gasteiger partial charge < -0.3 is 15.0 Å². The van der Waals surface area contributed by atoms with Crippen LogP contribution in [0.2, 0.25) is 0 Å². The molecule has 0 aromatic heterocycles. The van der Waals surface area contributed by atoms with Gasteiger partial charge in [0.2, 0.25) is 0 Å². The van der Waals surface area contributed by atoms with E-state index in [9.17, 15) is 0 Å². The van der Waals surface area contributed by atoms with Crippen molar-refractivity contribution >= 4 is 0 Å². The second-order valence-electron chi connectivity index (χ2n) is 6.70. The molecule has 0 saturated carbocycles. The molecule has 0 heterocycles. The molecule has 0 atom stereocenters. The number of ether oxygens (including phenoxy) is 1. The zero-order chi connectivity index (χ0) is 13.5. The van der Waals surface area contributed by atoms with E-state index in [2.05, 4.69) is 51.9 Å². The standard InChI is InChI=1S/C14H32N2O/c1-8-17-10-9-16(7)12-14(5,6)11-15-13(2,3)4/h15H,8-12H2,1-7H3. The Morgan fingerprint density at radius 2 is 1.71 bits per heavy atom. The Morgan fingerprint density at radius 3 is 2.18 bits per heavy atom. The maximum Gasteiger partial charge on any atom is 0.0593 e. The van der Waals surface area contributed by atoms with Gasteiger partial charge in [0.05, 0.1) is 6.61 Å². The largest absolute Gasteiger partial charge is 0.380 e. The van der Waals surface area contributed by atoms with E-state index in [0.29, 0.717) is 0 Å². The van der Waals surface area contributed by atoms with Crippen molar-refractivity contribution in [3.8, 4) is 0 Å². The zero-order valence-corrected chi connectivity index (χ0v) is 12.9. The number of likely N-dealkylation sites (N-methyl/N-ethyl adjacent to an activating group) is 1. The lowest BCUT2D eigenvalue weighted by molar-refractivity contribution is 0.105. The van der Waals surface area contributed by atoms with Gasteiger partial charge in [0.15, 0.2) is 0 Å². The predicted octanol–water partition coefficient (Wildman–Crippen LogP) is 2.37. The van der Waals surface area contributed by atoms with Crippen molar-refractivity contribution in [3.05, 3.63) is 0 Å². The Labute approximate surface area is 108 Å². The van der Waals surface area contributed by atoms with Crippen molar-refractivity contribution in [1.29, 1.82) is 0 Å². The van der Waals surface area contributed by atoms with Gasteiger partial charge in [-0.25, -0.2) is 0 Å². The van der Waals surface area contributed by atoms with Crippen molar-refractivity contribution in [2.45, 2.75) is 47.1 Å². The minimum Gasteiger partial charge on any atom is -0.380 e. The van der Waals surface area contributed by atoms with Gasteiger partial charge in [-0.05, 0) is 40.2 Å². The first-order valence-electron chi connectivity index (χ1n) is 6.67. The summed E-state index contributed by atoms with van der Waals surface area (Å²) in [5.41, 5.74) is 0.482. The van der Waals surface area contributed by atoms with Crippen LogP contribution >= 0.6 is 0 Å². The molecule has 0 aromatic rings. The first-order chi connectivity index (χ1) is 7.66. The molecule has 0 aliphatic rings. The van der Waals surface area contributed by atoms with Crippen LogP contribution in [-0.4, -0.2) is 50.3 Å². The van der Waals surface area contributed by atoms with Crippen molar-refractivity contribution < 1.29 is 4.74 Å². The molecule has 0 aromatic carbocycles. The molecule has 0 saturated heterocycles. The van der Waals surface area contributed by atoms with Crippen LogP contribution in [0.1, 0.15) is 41.5 Å². The first-order valence-corrected chi connectivity index (χ1v) is 6.67. The van der Waals surface area contributed by atoms with Gasteiger partial charge in [-0.15, -0.1) is 0 Å². The molecule has 0 amide bonds. The van der Waals surface area contributed by atoms with Crippen LogP contribution in [-0.2, 0) is 4.74 Å². The average molecular weight is 244 g/mol. The van der Waals surface area contributed by atoms with Crippen molar-refractivity contribution in [3.63, 3.8) is 0 Å². The quantitative estimate of drug-likeness (QED) is 0.663. The number of hydrogen-bond donors (Lipinski definition) is 1. The van der Waals surface area contributed by atoms with Crippen LogP contribution < -0.4 is 5.32 Å². The highest BCUT2D eigenvalue weighted by molar-refractivity contribution is 4.80. The molecule has 0 spiro atoms. The fourth-order valence-corrected chi connectivity index (χ4v) is 1.73.